The van der Waals surface area contributed by atoms with E-state index in [1.165, 1.54) is 44.2 Å². The molecule has 1 aromatic rings. The van der Waals surface area contributed by atoms with Crippen molar-refractivity contribution in [3.63, 3.8) is 0 Å². The average molecular weight is 249 g/mol. The van der Waals surface area contributed by atoms with Crippen LogP contribution in [0.1, 0.15) is 44.2 Å². The van der Waals surface area contributed by atoms with E-state index < -0.39 is 0 Å². The van der Waals surface area contributed by atoms with Crippen molar-refractivity contribution in [1.29, 1.82) is 0 Å². The van der Waals surface area contributed by atoms with E-state index in [9.17, 15) is 0 Å². The van der Waals surface area contributed by atoms with Crippen molar-refractivity contribution in [3.05, 3.63) is 18.0 Å². The summed E-state index contributed by atoms with van der Waals surface area (Å²) in [4.78, 5) is 0. The lowest BCUT2D eigenvalue weighted by Crippen LogP contribution is -2.19. The Morgan fingerprint density at radius 1 is 1.39 bits per heavy atom. The van der Waals surface area contributed by atoms with Crippen LogP contribution in [0.5, 0.6) is 0 Å². The molecule has 4 nitrogen and oxygen atoms in total. The van der Waals surface area contributed by atoms with Crippen LogP contribution in [0.15, 0.2) is 12.3 Å². The molecule has 1 N–H and O–H groups in total. The standard InChI is InChI=1S/C14H23N3O/c1(3-14-4-2-10-18-14)9-17-13(7-8-16-17)11-15-12-5-6-12/h7-8,12,14-15H,1-6,9-11H2. The van der Waals surface area contributed by atoms with Gasteiger partial charge in [-0.05, 0) is 44.6 Å². The van der Waals surface area contributed by atoms with E-state index >= 15 is 0 Å². The molecule has 0 amide bonds. The predicted molar refractivity (Wildman–Crippen MR) is 70.3 cm³/mol. The molecule has 2 heterocycles. The van der Waals surface area contributed by atoms with Crippen LogP contribution in [0.3, 0.4) is 0 Å². The molecular weight excluding hydrogens is 226 g/mol. The lowest BCUT2D eigenvalue weighted by Gasteiger charge is -2.11. The monoisotopic (exact) mass is 249 g/mol. The third-order valence-electron chi connectivity index (χ3n) is 3.87. The summed E-state index contributed by atoms with van der Waals surface area (Å²) < 4.78 is 7.79. The van der Waals surface area contributed by atoms with Crippen molar-refractivity contribution < 1.29 is 4.74 Å². The maximum absolute atomic E-state index is 5.65. The summed E-state index contributed by atoms with van der Waals surface area (Å²) >= 11 is 0. The van der Waals surface area contributed by atoms with Gasteiger partial charge in [0.05, 0.1) is 11.8 Å². The summed E-state index contributed by atoms with van der Waals surface area (Å²) in [6.07, 6.45) is 9.93. The molecule has 3 rings (SSSR count). The summed E-state index contributed by atoms with van der Waals surface area (Å²) in [6, 6.07) is 2.89. The maximum atomic E-state index is 5.65. The van der Waals surface area contributed by atoms with Crippen LogP contribution in [0.25, 0.3) is 0 Å². The van der Waals surface area contributed by atoms with E-state index in [-0.39, 0.29) is 0 Å². The van der Waals surface area contributed by atoms with Gasteiger partial charge in [0, 0.05) is 31.9 Å². The lowest BCUT2D eigenvalue weighted by atomic mass is 10.1. The first-order chi connectivity index (χ1) is 8.92. The van der Waals surface area contributed by atoms with Crippen molar-refractivity contribution in [3.8, 4) is 0 Å². The number of nitrogens with one attached hydrogen (secondary N) is 1. The number of hydrogen-bond acceptors (Lipinski definition) is 3. The van der Waals surface area contributed by atoms with Crippen molar-refractivity contribution in [2.24, 2.45) is 0 Å². The smallest absolute Gasteiger partial charge is 0.0576 e. The molecule has 100 valence electrons. The zero-order valence-corrected chi connectivity index (χ0v) is 11.0. The van der Waals surface area contributed by atoms with Gasteiger partial charge in [0.2, 0.25) is 0 Å². The molecule has 18 heavy (non-hydrogen) atoms. The van der Waals surface area contributed by atoms with Crippen LogP contribution >= 0.6 is 0 Å². The van der Waals surface area contributed by atoms with Crippen LogP contribution in [-0.4, -0.2) is 28.5 Å². The SMILES string of the molecule is c1cc(CNC2CC2)n(CCCC2CCCO2)n1. The first-order valence-electron chi connectivity index (χ1n) is 7.27. The molecule has 1 saturated carbocycles. The van der Waals surface area contributed by atoms with Crippen molar-refractivity contribution in [1.82, 2.24) is 15.1 Å². The third-order valence-corrected chi connectivity index (χ3v) is 3.87. The van der Waals surface area contributed by atoms with Crippen molar-refractivity contribution in [2.45, 2.75) is 63.8 Å². The zero-order chi connectivity index (χ0) is 12.2. The quantitative estimate of drug-likeness (QED) is 0.804. The third kappa shape index (κ3) is 3.33. The fourth-order valence-electron chi connectivity index (χ4n) is 2.59. The van der Waals surface area contributed by atoms with E-state index in [2.05, 4.69) is 21.2 Å². The second kappa shape index (κ2) is 5.85. The molecule has 4 heteroatoms. The Morgan fingerprint density at radius 3 is 3.11 bits per heavy atom. The zero-order valence-electron chi connectivity index (χ0n) is 11.0. The van der Waals surface area contributed by atoms with Crippen molar-refractivity contribution in [2.75, 3.05) is 6.61 Å². The minimum Gasteiger partial charge on any atom is -0.378 e. The Morgan fingerprint density at radius 2 is 2.33 bits per heavy atom. The summed E-state index contributed by atoms with van der Waals surface area (Å²) in [5, 5.41) is 7.96. The first-order valence-corrected chi connectivity index (χ1v) is 7.27. The lowest BCUT2D eigenvalue weighted by molar-refractivity contribution is 0.101. The van der Waals surface area contributed by atoms with Crippen LogP contribution in [-0.2, 0) is 17.8 Å². The average Bonchev–Trinajstić information content (AvgIpc) is 2.89. The minimum atomic E-state index is 0.508. The maximum Gasteiger partial charge on any atom is 0.0576 e. The molecule has 0 radical (unpaired) electrons. The van der Waals surface area contributed by atoms with Gasteiger partial charge in [-0.2, -0.15) is 5.10 Å². The molecular formula is C14H23N3O. The van der Waals surface area contributed by atoms with Crippen LogP contribution < -0.4 is 5.32 Å². The summed E-state index contributed by atoms with van der Waals surface area (Å²) in [7, 11) is 0. The molecule has 1 aliphatic carbocycles. The van der Waals surface area contributed by atoms with Gasteiger partial charge in [-0.1, -0.05) is 0 Å². The van der Waals surface area contributed by atoms with Gasteiger partial charge < -0.3 is 10.1 Å². The number of rotatable bonds is 7. The summed E-state index contributed by atoms with van der Waals surface area (Å²) in [5.41, 5.74) is 1.31. The molecule has 1 unspecified atom stereocenters. The summed E-state index contributed by atoms with van der Waals surface area (Å²) in [5.74, 6) is 0. The fourth-order valence-corrected chi connectivity index (χ4v) is 2.59. The van der Waals surface area contributed by atoms with Gasteiger partial charge in [0.25, 0.3) is 0 Å². The molecule has 1 aromatic heterocycles. The second-order valence-electron chi connectivity index (χ2n) is 5.48. The molecule has 2 fully saturated rings. The van der Waals surface area contributed by atoms with E-state index in [1.54, 1.807) is 0 Å². The molecule has 0 spiro atoms. The Hall–Kier alpha value is -0.870. The molecule has 2 aliphatic rings. The van der Waals surface area contributed by atoms with Crippen LogP contribution in [0.2, 0.25) is 0 Å². The minimum absolute atomic E-state index is 0.508. The Bertz CT molecular complexity index is 367. The van der Waals surface area contributed by atoms with Crippen LogP contribution in [0, 0.1) is 0 Å². The molecule has 0 bridgehead atoms. The highest BCUT2D eigenvalue weighted by atomic mass is 16.5. The van der Waals surface area contributed by atoms with Gasteiger partial charge in [0.15, 0.2) is 0 Å². The Balaban J connectivity index is 1.41. The number of nitrogens with zero attached hydrogens (tertiary/aromatic N) is 2. The van der Waals surface area contributed by atoms with E-state index in [1.807, 2.05) is 6.20 Å². The number of hydrogen-bond donors (Lipinski definition) is 1. The van der Waals surface area contributed by atoms with Crippen LogP contribution in [0.4, 0.5) is 0 Å². The van der Waals surface area contributed by atoms with Gasteiger partial charge in [-0.25, -0.2) is 0 Å². The van der Waals surface area contributed by atoms with Gasteiger partial charge in [-0.15, -0.1) is 0 Å². The van der Waals surface area contributed by atoms with E-state index in [0.717, 1.165) is 25.7 Å². The normalized spacial score (nSPS) is 23.7. The topological polar surface area (TPSA) is 39.1 Å². The number of ether oxygens (including phenoxy) is 1. The molecule has 1 saturated heterocycles. The highest BCUT2D eigenvalue weighted by molar-refractivity contribution is 5.01. The molecule has 1 aliphatic heterocycles. The molecule has 0 aromatic carbocycles. The van der Waals surface area contributed by atoms with E-state index in [0.29, 0.717) is 6.10 Å². The van der Waals surface area contributed by atoms with Gasteiger partial charge in [0.1, 0.15) is 0 Å². The largest absolute Gasteiger partial charge is 0.378 e. The Labute approximate surface area is 109 Å². The highest BCUT2D eigenvalue weighted by Gasteiger charge is 2.20. The summed E-state index contributed by atoms with van der Waals surface area (Å²) in [6.45, 7) is 2.95. The fraction of sp³-hybridized carbons (Fsp3) is 0.786. The first kappa shape index (κ1) is 12.2. The number of aromatic nitrogens is 2. The Kier molecular flexibility index (Phi) is 3.96. The molecule has 1 atom stereocenters. The number of aryl methyl sites for hydroxylation is 1. The van der Waals surface area contributed by atoms with Crippen molar-refractivity contribution >= 4 is 0 Å². The van der Waals surface area contributed by atoms with Gasteiger partial charge >= 0.3 is 0 Å². The predicted octanol–water partition coefficient (Wildman–Crippen LogP) is 2.09. The second-order valence-corrected chi connectivity index (χ2v) is 5.48. The van der Waals surface area contributed by atoms with E-state index in [4.69, 9.17) is 4.74 Å². The van der Waals surface area contributed by atoms with Gasteiger partial charge in [-0.3, -0.25) is 4.68 Å². The highest BCUT2D eigenvalue weighted by Crippen LogP contribution is 2.20.